The van der Waals surface area contributed by atoms with Crippen molar-refractivity contribution in [1.82, 2.24) is 5.32 Å². The van der Waals surface area contributed by atoms with Gasteiger partial charge in [-0.15, -0.1) is 11.3 Å². The van der Waals surface area contributed by atoms with E-state index in [1.165, 1.54) is 18.4 Å². The van der Waals surface area contributed by atoms with Crippen LogP contribution in [0, 0.1) is 17.2 Å². The number of ether oxygens (including phenoxy) is 1. The SMILES string of the molecule is COC(=O)C(CC(C)C)NCc1ccc(C#N)s1. The van der Waals surface area contributed by atoms with Crippen LogP contribution >= 0.6 is 11.3 Å². The number of carbonyl (C=O) groups excluding carboxylic acids is 1. The highest BCUT2D eigenvalue weighted by Gasteiger charge is 2.19. The molecule has 0 aliphatic rings. The van der Waals surface area contributed by atoms with Gasteiger partial charge in [-0.3, -0.25) is 10.1 Å². The molecule has 1 unspecified atom stereocenters. The van der Waals surface area contributed by atoms with Crippen LogP contribution in [-0.2, 0) is 16.1 Å². The van der Waals surface area contributed by atoms with Gasteiger partial charge in [0.05, 0.1) is 7.11 Å². The average Bonchev–Trinajstić information content (AvgIpc) is 2.81. The van der Waals surface area contributed by atoms with Crippen molar-refractivity contribution in [1.29, 1.82) is 5.26 Å². The van der Waals surface area contributed by atoms with Gasteiger partial charge in [0.15, 0.2) is 0 Å². The smallest absolute Gasteiger partial charge is 0.322 e. The van der Waals surface area contributed by atoms with Crippen LogP contribution in [-0.4, -0.2) is 19.1 Å². The summed E-state index contributed by atoms with van der Waals surface area (Å²) in [5.41, 5.74) is 0. The third kappa shape index (κ3) is 4.47. The molecule has 0 aliphatic heterocycles. The van der Waals surface area contributed by atoms with Crippen molar-refractivity contribution in [2.45, 2.75) is 32.9 Å². The Morgan fingerprint density at radius 3 is 2.78 bits per heavy atom. The van der Waals surface area contributed by atoms with Crippen molar-refractivity contribution in [2.24, 2.45) is 5.92 Å². The van der Waals surface area contributed by atoms with Gasteiger partial charge >= 0.3 is 5.97 Å². The maximum atomic E-state index is 11.6. The van der Waals surface area contributed by atoms with E-state index >= 15 is 0 Å². The molecular weight excluding hydrogens is 248 g/mol. The lowest BCUT2D eigenvalue weighted by atomic mass is 10.0. The predicted molar refractivity (Wildman–Crippen MR) is 71.1 cm³/mol. The number of rotatable bonds is 6. The van der Waals surface area contributed by atoms with Gasteiger partial charge in [-0.05, 0) is 24.5 Å². The van der Waals surface area contributed by atoms with Gasteiger partial charge < -0.3 is 4.74 Å². The number of esters is 1. The topological polar surface area (TPSA) is 62.1 Å². The fourth-order valence-electron chi connectivity index (χ4n) is 1.63. The van der Waals surface area contributed by atoms with Crippen LogP contribution in [0.5, 0.6) is 0 Å². The van der Waals surface area contributed by atoms with E-state index in [0.717, 1.165) is 11.3 Å². The summed E-state index contributed by atoms with van der Waals surface area (Å²) in [6, 6.07) is 5.50. The zero-order chi connectivity index (χ0) is 13.5. The van der Waals surface area contributed by atoms with Crippen LogP contribution in [0.4, 0.5) is 0 Å². The molecule has 0 aliphatic carbocycles. The van der Waals surface area contributed by atoms with Gasteiger partial charge in [0.1, 0.15) is 17.0 Å². The zero-order valence-electron chi connectivity index (χ0n) is 10.9. The van der Waals surface area contributed by atoms with E-state index in [2.05, 4.69) is 25.2 Å². The average molecular weight is 266 g/mol. The number of hydrogen-bond acceptors (Lipinski definition) is 5. The first-order chi connectivity index (χ1) is 8.56. The van der Waals surface area contributed by atoms with Crippen molar-refractivity contribution in [3.63, 3.8) is 0 Å². The molecule has 1 atom stereocenters. The Morgan fingerprint density at radius 1 is 1.56 bits per heavy atom. The molecular formula is C13H18N2O2S. The lowest BCUT2D eigenvalue weighted by Crippen LogP contribution is -2.38. The Morgan fingerprint density at radius 2 is 2.28 bits per heavy atom. The van der Waals surface area contributed by atoms with Crippen LogP contribution in [0.25, 0.3) is 0 Å². The van der Waals surface area contributed by atoms with E-state index in [0.29, 0.717) is 17.3 Å². The molecule has 0 bridgehead atoms. The molecule has 0 amide bonds. The first-order valence-electron chi connectivity index (χ1n) is 5.86. The second kappa shape index (κ2) is 7.14. The molecule has 1 rings (SSSR count). The summed E-state index contributed by atoms with van der Waals surface area (Å²) in [5.74, 6) is 0.181. The van der Waals surface area contributed by atoms with Crippen molar-refractivity contribution >= 4 is 17.3 Å². The van der Waals surface area contributed by atoms with Crippen molar-refractivity contribution in [3.8, 4) is 6.07 Å². The highest BCUT2D eigenvalue weighted by atomic mass is 32.1. The van der Waals surface area contributed by atoms with Gasteiger partial charge in [0, 0.05) is 11.4 Å². The number of nitriles is 1. The zero-order valence-corrected chi connectivity index (χ0v) is 11.7. The fraction of sp³-hybridized carbons (Fsp3) is 0.538. The molecule has 0 spiro atoms. The molecule has 1 aromatic rings. The Labute approximate surface area is 112 Å². The number of thiophene rings is 1. The van der Waals surface area contributed by atoms with Crippen LogP contribution in [0.1, 0.15) is 30.0 Å². The molecule has 0 saturated heterocycles. The lowest BCUT2D eigenvalue weighted by molar-refractivity contribution is -0.143. The minimum Gasteiger partial charge on any atom is -0.468 e. The highest BCUT2D eigenvalue weighted by Crippen LogP contribution is 2.16. The molecule has 0 aromatic carbocycles. The van der Waals surface area contributed by atoms with Crippen LogP contribution in [0.15, 0.2) is 12.1 Å². The summed E-state index contributed by atoms with van der Waals surface area (Å²) in [4.78, 5) is 13.3. The summed E-state index contributed by atoms with van der Waals surface area (Å²) in [6.07, 6.45) is 0.739. The molecule has 98 valence electrons. The van der Waals surface area contributed by atoms with E-state index in [-0.39, 0.29) is 12.0 Å². The van der Waals surface area contributed by atoms with Gasteiger partial charge in [0.25, 0.3) is 0 Å². The van der Waals surface area contributed by atoms with Gasteiger partial charge in [0.2, 0.25) is 0 Å². The Kier molecular flexibility index (Phi) is 5.83. The summed E-state index contributed by atoms with van der Waals surface area (Å²) in [5, 5.41) is 11.9. The van der Waals surface area contributed by atoms with Gasteiger partial charge in [-0.25, -0.2) is 0 Å². The predicted octanol–water partition coefficient (Wildman–Crippen LogP) is 2.30. The standard InChI is InChI=1S/C13H18N2O2S/c1-9(2)6-12(13(16)17-3)15-8-11-5-4-10(7-14)18-11/h4-5,9,12,15H,6,8H2,1-3H3. The van der Waals surface area contributed by atoms with E-state index in [1.54, 1.807) is 6.07 Å². The van der Waals surface area contributed by atoms with E-state index in [1.807, 2.05) is 6.07 Å². The Bertz CT molecular complexity index is 434. The molecule has 0 saturated carbocycles. The van der Waals surface area contributed by atoms with Crippen molar-refractivity contribution in [2.75, 3.05) is 7.11 Å². The number of nitrogens with zero attached hydrogens (tertiary/aromatic N) is 1. The van der Waals surface area contributed by atoms with Crippen molar-refractivity contribution < 1.29 is 9.53 Å². The second-order valence-corrected chi connectivity index (χ2v) is 5.63. The number of methoxy groups -OCH3 is 1. The van der Waals surface area contributed by atoms with E-state index in [9.17, 15) is 4.79 Å². The summed E-state index contributed by atoms with van der Waals surface area (Å²) in [7, 11) is 1.40. The number of hydrogen-bond donors (Lipinski definition) is 1. The molecule has 4 nitrogen and oxygen atoms in total. The normalized spacial score (nSPS) is 12.2. The highest BCUT2D eigenvalue weighted by molar-refractivity contribution is 7.12. The van der Waals surface area contributed by atoms with Crippen LogP contribution in [0.3, 0.4) is 0 Å². The maximum absolute atomic E-state index is 11.6. The molecule has 0 fully saturated rings. The minimum absolute atomic E-state index is 0.235. The van der Waals surface area contributed by atoms with Crippen LogP contribution in [0.2, 0.25) is 0 Å². The molecule has 1 heterocycles. The van der Waals surface area contributed by atoms with E-state index < -0.39 is 0 Å². The monoisotopic (exact) mass is 266 g/mol. The first kappa shape index (κ1) is 14.7. The lowest BCUT2D eigenvalue weighted by Gasteiger charge is -2.17. The quantitative estimate of drug-likeness (QED) is 0.802. The molecule has 1 N–H and O–H groups in total. The largest absolute Gasteiger partial charge is 0.468 e. The van der Waals surface area contributed by atoms with Crippen LogP contribution < -0.4 is 5.32 Å². The summed E-state index contributed by atoms with van der Waals surface area (Å²) < 4.78 is 4.78. The molecule has 5 heteroatoms. The Balaban J connectivity index is 2.56. The molecule has 18 heavy (non-hydrogen) atoms. The molecule has 0 radical (unpaired) electrons. The maximum Gasteiger partial charge on any atom is 0.322 e. The second-order valence-electron chi connectivity index (χ2n) is 4.46. The first-order valence-corrected chi connectivity index (χ1v) is 6.68. The molecule has 1 aromatic heterocycles. The third-order valence-electron chi connectivity index (χ3n) is 2.49. The van der Waals surface area contributed by atoms with Crippen molar-refractivity contribution in [3.05, 3.63) is 21.9 Å². The van der Waals surface area contributed by atoms with Gasteiger partial charge in [-0.2, -0.15) is 5.26 Å². The van der Waals surface area contributed by atoms with E-state index in [4.69, 9.17) is 10.00 Å². The van der Waals surface area contributed by atoms with Gasteiger partial charge in [-0.1, -0.05) is 13.8 Å². The summed E-state index contributed by atoms with van der Waals surface area (Å²) in [6.45, 7) is 4.71. The third-order valence-corrected chi connectivity index (χ3v) is 3.48. The Hall–Kier alpha value is -1.38. The summed E-state index contributed by atoms with van der Waals surface area (Å²) >= 11 is 1.44. The number of carbonyl (C=O) groups is 1. The fourth-order valence-corrected chi connectivity index (χ4v) is 2.39. The minimum atomic E-state index is -0.289. The number of nitrogens with one attached hydrogen (secondary N) is 1.